The van der Waals surface area contributed by atoms with Crippen LogP contribution in [0.2, 0.25) is 0 Å². The molecule has 0 radical (unpaired) electrons. The molecule has 4 heteroatoms. The second-order valence-electron chi connectivity index (χ2n) is 5.67. The van der Waals surface area contributed by atoms with Gasteiger partial charge in [-0.3, -0.25) is 9.88 Å². The highest BCUT2D eigenvalue weighted by molar-refractivity contribution is 5.43. The van der Waals surface area contributed by atoms with Gasteiger partial charge in [-0.05, 0) is 19.4 Å². The van der Waals surface area contributed by atoms with E-state index < -0.39 is 0 Å². The molecule has 21 heavy (non-hydrogen) atoms. The Morgan fingerprint density at radius 3 is 2.43 bits per heavy atom. The fourth-order valence-electron chi connectivity index (χ4n) is 2.78. The van der Waals surface area contributed by atoms with Crippen molar-refractivity contribution >= 4 is 5.82 Å². The molecule has 0 amide bonds. The number of aromatic nitrogens is 2. The van der Waals surface area contributed by atoms with Crippen LogP contribution in [0.3, 0.4) is 0 Å². The molecule has 1 aliphatic heterocycles. The Kier molecular flexibility index (Phi) is 4.15. The number of nitrogens with zero attached hydrogens (tertiary/aromatic N) is 4. The Bertz CT molecular complexity index is 589. The predicted octanol–water partition coefficient (Wildman–Crippen LogP) is 2.42. The monoisotopic (exact) mass is 282 g/mol. The third-order valence-corrected chi connectivity index (χ3v) is 3.97. The van der Waals surface area contributed by atoms with Crippen LogP contribution in [0, 0.1) is 13.8 Å². The molecule has 3 rings (SSSR count). The van der Waals surface area contributed by atoms with Gasteiger partial charge in [-0.2, -0.15) is 0 Å². The molecular weight excluding hydrogens is 260 g/mol. The zero-order chi connectivity index (χ0) is 14.7. The lowest BCUT2D eigenvalue weighted by Crippen LogP contribution is -2.46. The van der Waals surface area contributed by atoms with E-state index in [1.54, 1.807) is 0 Å². The first-order chi connectivity index (χ1) is 10.2. The second-order valence-corrected chi connectivity index (χ2v) is 5.67. The molecule has 2 heterocycles. The molecule has 1 aliphatic rings. The first-order valence-electron chi connectivity index (χ1n) is 7.54. The Labute approximate surface area is 126 Å². The Balaban J connectivity index is 1.61. The topological polar surface area (TPSA) is 32.3 Å². The van der Waals surface area contributed by atoms with Crippen molar-refractivity contribution in [1.29, 1.82) is 0 Å². The number of hydrogen-bond acceptors (Lipinski definition) is 4. The minimum atomic E-state index is 0.988. The predicted molar refractivity (Wildman–Crippen MR) is 85.4 cm³/mol. The Morgan fingerprint density at radius 2 is 1.71 bits per heavy atom. The van der Waals surface area contributed by atoms with Gasteiger partial charge in [0.05, 0.1) is 11.4 Å². The molecule has 1 saturated heterocycles. The summed E-state index contributed by atoms with van der Waals surface area (Å²) in [6.07, 6.45) is 1.84. The van der Waals surface area contributed by atoms with Crippen molar-refractivity contribution in [3.05, 3.63) is 53.5 Å². The van der Waals surface area contributed by atoms with Gasteiger partial charge in [0.2, 0.25) is 0 Å². The lowest BCUT2D eigenvalue weighted by molar-refractivity contribution is 0.249. The highest BCUT2D eigenvalue weighted by atomic mass is 15.3. The molecule has 1 aromatic heterocycles. The molecular formula is C17H22N4. The van der Waals surface area contributed by atoms with Gasteiger partial charge in [-0.15, -0.1) is 0 Å². The zero-order valence-corrected chi connectivity index (χ0v) is 12.8. The summed E-state index contributed by atoms with van der Waals surface area (Å²) in [5.41, 5.74) is 3.40. The first-order valence-corrected chi connectivity index (χ1v) is 7.54. The minimum absolute atomic E-state index is 0.988. The van der Waals surface area contributed by atoms with Crippen LogP contribution in [0.5, 0.6) is 0 Å². The van der Waals surface area contributed by atoms with E-state index in [2.05, 4.69) is 50.1 Å². The van der Waals surface area contributed by atoms with Crippen LogP contribution in [-0.4, -0.2) is 41.0 Å². The molecule has 0 saturated carbocycles. The number of rotatable bonds is 3. The van der Waals surface area contributed by atoms with Crippen LogP contribution >= 0.6 is 0 Å². The number of anilines is 1. The molecule has 0 N–H and O–H groups in total. The van der Waals surface area contributed by atoms with Gasteiger partial charge in [0.1, 0.15) is 5.82 Å². The zero-order valence-electron chi connectivity index (χ0n) is 12.8. The van der Waals surface area contributed by atoms with Crippen LogP contribution in [0.4, 0.5) is 5.82 Å². The highest BCUT2D eigenvalue weighted by Gasteiger charge is 2.19. The molecule has 0 bridgehead atoms. The van der Waals surface area contributed by atoms with Crippen LogP contribution in [0.15, 0.2) is 36.5 Å². The molecule has 110 valence electrons. The van der Waals surface area contributed by atoms with Crippen molar-refractivity contribution < 1.29 is 0 Å². The Hall–Kier alpha value is -1.94. The fraction of sp³-hybridized carbons (Fsp3) is 0.412. The van der Waals surface area contributed by atoms with E-state index in [-0.39, 0.29) is 0 Å². The standard InChI is InChI=1S/C17H22N4/c1-14-12-18-15(2)17(19-14)21-10-8-20(9-11-21)13-16-6-4-3-5-7-16/h3-7,12H,8-11,13H2,1-2H3. The normalized spacial score (nSPS) is 16.2. The summed E-state index contributed by atoms with van der Waals surface area (Å²) >= 11 is 0. The van der Waals surface area contributed by atoms with Gasteiger partial charge in [-0.1, -0.05) is 30.3 Å². The van der Waals surface area contributed by atoms with Crippen LogP contribution in [-0.2, 0) is 6.54 Å². The van der Waals surface area contributed by atoms with E-state index in [1.807, 2.05) is 20.0 Å². The molecule has 4 nitrogen and oxygen atoms in total. The van der Waals surface area contributed by atoms with E-state index in [1.165, 1.54) is 5.56 Å². The molecule has 0 aliphatic carbocycles. The molecule has 2 aromatic rings. The lowest BCUT2D eigenvalue weighted by Gasteiger charge is -2.35. The third-order valence-electron chi connectivity index (χ3n) is 3.97. The van der Waals surface area contributed by atoms with Gasteiger partial charge < -0.3 is 4.90 Å². The van der Waals surface area contributed by atoms with Gasteiger partial charge >= 0.3 is 0 Å². The van der Waals surface area contributed by atoms with Gasteiger partial charge in [0.15, 0.2) is 0 Å². The lowest BCUT2D eigenvalue weighted by atomic mass is 10.2. The molecule has 1 fully saturated rings. The van der Waals surface area contributed by atoms with E-state index in [9.17, 15) is 0 Å². The maximum Gasteiger partial charge on any atom is 0.150 e. The van der Waals surface area contributed by atoms with Crippen LogP contribution in [0.25, 0.3) is 0 Å². The third kappa shape index (κ3) is 3.39. The average molecular weight is 282 g/mol. The van der Waals surface area contributed by atoms with Crippen molar-refractivity contribution in [3.63, 3.8) is 0 Å². The van der Waals surface area contributed by atoms with Crippen LogP contribution in [0.1, 0.15) is 17.0 Å². The van der Waals surface area contributed by atoms with E-state index in [4.69, 9.17) is 0 Å². The van der Waals surface area contributed by atoms with Crippen molar-refractivity contribution in [2.45, 2.75) is 20.4 Å². The summed E-state index contributed by atoms with van der Waals surface area (Å²) in [4.78, 5) is 13.9. The number of hydrogen-bond donors (Lipinski definition) is 0. The SMILES string of the molecule is Cc1cnc(C)c(N2CCN(Cc3ccccc3)CC2)n1. The molecule has 1 aromatic carbocycles. The van der Waals surface area contributed by atoms with Gasteiger partial charge in [0.25, 0.3) is 0 Å². The van der Waals surface area contributed by atoms with Crippen molar-refractivity contribution in [2.24, 2.45) is 0 Å². The van der Waals surface area contributed by atoms with Gasteiger partial charge in [0, 0.05) is 38.9 Å². The maximum absolute atomic E-state index is 4.65. The smallest absolute Gasteiger partial charge is 0.150 e. The van der Waals surface area contributed by atoms with Crippen LogP contribution < -0.4 is 4.90 Å². The van der Waals surface area contributed by atoms with Crippen molar-refractivity contribution in [1.82, 2.24) is 14.9 Å². The fourth-order valence-corrected chi connectivity index (χ4v) is 2.78. The van der Waals surface area contributed by atoms with Crippen molar-refractivity contribution in [3.8, 4) is 0 Å². The number of piperazine rings is 1. The summed E-state index contributed by atoms with van der Waals surface area (Å²) in [7, 11) is 0. The van der Waals surface area contributed by atoms with E-state index in [0.717, 1.165) is 49.9 Å². The second kappa shape index (κ2) is 6.22. The van der Waals surface area contributed by atoms with E-state index >= 15 is 0 Å². The van der Waals surface area contributed by atoms with Crippen molar-refractivity contribution in [2.75, 3.05) is 31.1 Å². The summed E-state index contributed by atoms with van der Waals surface area (Å²) in [5, 5.41) is 0. The highest BCUT2D eigenvalue weighted by Crippen LogP contribution is 2.18. The first kappa shape index (κ1) is 14.0. The summed E-state index contributed by atoms with van der Waals surface area (Å²) in [6.45, 7) is 9.26. The largest absolute Gasteiger partial charge is 0.353 e. The summed E-state index contributed by atoms with van der Waals surface area (Å²) in [5.74, 6) is 1.05. The van der Waals surface area contributed by atoms with E-state index in [0.29, 0.717) is 0 Å². The summed E-state index contributed by atoms with van der Waals surface area (Å²) < 4.78 is 0. The number of benzene rings is 1. The molecule has 0 spiro atoms. The quantitative estimate of drug-likeness (QED) is 0.865. The molecule has 0 atom stereocenters. The Morgan fingerprint density at radius 1 is 1.00 bits per heavy atom. The molecule has 0 unspecified atom stereocenters. The number of aryl methyl sites for hydroxylation is 2. The maximum atomic E-state index is 4.65. The van der Waals surface area contributed by atoms with Gasteiger partial charge in [-0.25, -0.2) is 4.98 Å². The average Bonchev–Trinajstić information content (AvgIpc) is 2.52. The summed E-state index contributed by atoms with van der Waals surface area (Å²) in [6, 6.07) is 10.7. The minimum Gasteiger partial charge on any atom is -0.353 e.